The van der Waals surface area contributed by atoms with Crippen LogP contribution in [0.2, 0.25) is 18.1 Å². The molecule has 0 bridgehead atoms. The minimum atomic E-state index is -1.86. The summed E-state index contributed by atoms with van der Waals surface area (Å²) in [4.78, 5) is 10.9. The molecule has 0 heterocycles. The van der Waals surface area contributed by atoms with E-state index in [9.17, 15) is 4.79 Å². The Kier molecular flexibility index (Phi) is 4.20. The van der Waals surface area contributed by atoms with E-state index in [1.54, 1.807) is 6.07 Å². The van der Waals surface area contributed by atoms with E-state index in [0.29, 0.717) is 5.56 Å². The lowest BCUT2D eigenvalue weighted by Gasteiger charge is -2.36. The number of halogens is 1. The maximum Gasteiger partial charge on any atom is 0.250 e. The maximum atomic E-state index is 10.9. The zero-order valence-corrected chi connectivity index (χ0v) is 13.6. The van der Waals surface area contributed by atoms with Crippen LogP contribution in [0.1, 0.15) is 31.1 Å². The fraction of sp³-hybridized carbons (Fsp3) is 0.462. The van der Waals surface area contributed by atoms with E-state index in [1.165, 1.54) is 0 Å². The zero-order chi connectivity index (χ0) is 13.3. The van der Waals surface area contributed by atoms with Gasteiger partial charge in [0, 0.05) is 5.56 Å². The van der Waals surface area contributed by atoms with Gasteiger partial charge in [-0.1, -0.05) is 32.9 Å². The van der Waals surface area contributed by atoms with Crippen LogP contribution in [-0.4, -0.2) is 14.6 Å². The van der Waals surface area contributed by atoms with Crippen LogP contribution in [0.5, 0.6) is 5.75 Å². The van der Waals surface area contributed by atoms with E-state index in [2.05, 4.69) is 49.8 Å². The summed E-state index contributed by atoms with van der Waals surface area (Å²) in [6, 6.07) is 5.52. The molecular weight excluding hydrogens is 296 g/mol. The Morgan fingerprint density at radius 1 is 1.29 bits per heavy atom. The molecule has 0 aliphatic heterocycles. The second-order valence-corrected chi connectivity index (χ2v) is 11.2. The molecule has 17 heavy (non-hydrogen) atoms. The molecule has 0 saturated carbocycles. The van der Waals surface area contributed by atoms with Crippen LogP contribution < -0.4 is 4.43 Å². The summed E-state index contributed by atoms with van der Waals surface area (Å²) in [5, 5.41) is 0.142. The summed E-state index contributed by atoms with van der Waals surface area (Å²) < 4.78 is 6.92. The summed E-state index contributed by atoms with van der Waals surface area (Å²) in [5.41, 5.74) is 0.626. The molecule has 0 radical (unpaired) electrons. The van der Waals surface area contributed by atoms with Crippen molar-refractivity contribution in [3.63, 3.8) is 0 Å². The molecule has 1 rings (SSSR count). The van der Waals surface area contributed by atoms with Gasteiger partial charge in [-0.15, -0.1) is 0 Å². The maximum absolute atomic E-state index is 10.9. The molecule has 0 saturated heterocycles. The van der Waals surface area contributed by atoms with E-state index in [-0.39, 0.29) is 5.04 Å². The molecule has 0 spiro atoms. The van der Waals surface area contributed by atoms with Gasteiger partial charge in [0.05, 0.1) is 4.47 Å². The second kappa shape index (κ2) is 4.94. The number of carbonyl (C=O) groups is 1. The first kappa shape index (κ1) is 14.4. The molecular formula is C13H19BrO2Si. The van der Waals surface area contributed by atoms with Crippen LogP contribution in [0.25, 0.3) is 0 Å². The summed E-state index contributed by atoms with van der Waals surface area (Å²) >= 11 is 3.43. The second-order valence-electron chi connectivity index (χ2n) is 5.64. The van der Waals surface area contributed by atoms with E-state index < -0.39 is 8.32 Å². The Morgan fingerprint density at radius 3 is 2.35 bits per heavy atom. The first-order valence-electron chi connectivity index (χ1n) is 5.62. The minimum Gasteiger partial charge on any atom is -0.543 e. The monoisotopic (exact) mass is 314 g/mol. The standard InChI is InChI=1S/C13H19BrO2Si/c1-13(2,3)17(4,5)16-11-8-6-7-10(9-15)12(11)14/h6-9H,1-5H3. The lowest BCUT2D eigenvalue weighted by Crippen LogP contribution is -2.44. The molecule has 1 aromatic rings. The van der Waals surface area contributed by atoms with Crippen LogP contribution in [-0.2, 0) is 0 Å². The largest absolute Gasteiger partial charge is 0.543 e. The average molecular weight is 315 g/mol. The van der Waals surface area contributed by atoms with Crippen LogP contribution >= 0.6 is 15.9 Å². The van der Waals surface area contributed by atoms with Crippen molar-refractivity contribution in [2.24, 2.45) is 0 Å². The molecule has 0 fully saturated rings. The normalized spacial score (nSPS) is 12.4. The van der Waals surface area contributed by atoms with Gasteiger partial charge >= 0.3 is 0 Å². The summed E-state index contributed by atoms with van der Waals surface area (Å²) in [6.45, 7) is 10.9. The molecule has 0 N–H and O–H groups in total. The molecule has 0 aliphatic rings. The Morgan fingerprint density at radius 2 is 1.88 bits per heavy atom. The van der Waals surface area contributed by atoms with Crippen molar-refractivity contribution >= 4 is 30.5 Å². The Balaban J connectivity index is 3.08. The van der Waals surface area contributed by atoms with Crippen molar-refractivity contribution in [3.8, 4) is 5.75 Å². The predicted octanol–water partition coefficient (Wildman–Crippen LogP) is 4.65. The average Bonchev–Trinajstić information content (AvgIpc) is 2.19. The number of aldehydes is 1. The highest BCUT2D eigenvalue weighted by atomic mass is 79.9. The van der Waals surface area contributed by atoms with Crippen LogP contribution in [0.3, 0.4) is 0 Å². The predicted molar refractivity (Wildman–Crippen MR) is 77.4 cm³/mol. The van der Waals surface area contributed by atoms with Crippen LogP contribution in [0, 0.1) is 0 Å². The topological polar surface area (TPSA) is 26.3 Å². The van der Waals surface area contributed by atoms with Crippen molar-refractivity contribution in [1.29, 1.82) is 0 Å². The molecule has 0 aliphatic carbocycles. The van der Waals surface area contributed by atoms with Gasteiger partial charge in [0.1, 0.15) is 5.75 Å². The first-order chi connectivity index (χ1) is 7.69. The summed E-state index contributed by atoms with van der Waals surface area (Å²) in [7, 11) is -1.86. The summed E-state index contributed by atoms with van der Waals surface area (Å²) in [5.74, 6) is 0.765. The van der Waals surface area contributed by atoms with Crippen LogP contribution in [0.15, 0.2) is 22.7 Å². The molecule has 1 aromatic carbocycles. The minimum absolute atomic E-state index is 0.142. The molecule has 0 aromatic heterocycles. The van der Waals surface area contributed by atoms with Gasteiger partial charge in [0.15, 0.2) is 6.29 Å². The van der Waals surface area contributed by atoms with Gasteiger partial charge in [-0.2, -0.15) is 0 Å². The molecule has 4 heteroatoms. The van der Waals surface area contributed by atoms with Gasteiger partial charge < -0.3 is 4.43 Å². The highest BCUT2D eigenvalue weighted by Crippen LogP contribution is 2.39. The third kappa shape index (κ3) is 3.19. The lowest BCUT2D eigenvalue weighted by molar-refractivity contribution is 0.112. The van der Waals surface area contributed by atoms with Crippen molar-refractivity contribution in [2.75, 3.05) is 0 Å². The Labute approximate surface area is 113 Å². The smallest absolute Gasteiger partial charge is 0.250 e. The van der Waals surface area contributed by atoms with E-state index in [4.69, 9.17) is 4.43 Å². The molecule has 2 nitrogen and oxygen atoms in total. The molecule has 0 atom stereocenters. The van der Waals surface area contributed by atoms with Gasteiger partial charge in [0.25, 0.3) is 8.32 Å². The van der Waals surface area contributed by atoms with Crippen LogP contribution in [0.4, 0.5) is 0 Å². The van der Waals surface area contributed by atoms with Gasteiger partial charge in [0.2, 0.25) is 0 Å². The number of carbonyl (C=O) groups excluding carboxylic acids is 1. The van der Waals surface area contributed by atoms with Gasteiger partial charge in [-0.05, 0) is 40.1 Å². The molecule has 0 amide bonds. The quantitative estimate of drug-likeness (QED) is 0.600. The van der Waals surface area contributed by atoms with Crippen molar-refractivity contribution in [3.05, 3.63) is 28.2 Å². The van der Waals surface area contributed by atoms with E-state index in [0.717, 1.165) is 16.5 Å². The van der Waals surface area contributed by atoms with Gasteiger partial charge in [-0.25, -0.2) is 0 Å². The molecule has 94 valence electrons. The SMILES string of the molecule is CC(C)(C)[Si](C)(C)Oc1cccc(C=O)c1Br. The van der Waals surface area contributed by atoms with Crippen molar-refractivity contribution < 1.29 is 9.22 Å². The van der Waals surface area contributed by atoms with E-state index in [1.807, 2.05) is 12.1 Å². The zero-order valence-electron chi connectivity index (χ0n) is 11.0. The van der Waals surface area contributed by atoms with Gasteiger partial charge in [-0.3, -0.25) is 4.79 Å². The Bertz CT molecular complexity index is 422. The van der Waals surface area contributed by atoms with Crippen molar-refractivity contribution in [1.82, 2.24) is 0 Å². The third-order valence-corrected chi connectivity index (χ3v) is 8.48. The highest BCUT2D eigenvalue weighted by molar-refractivity contribution is 9.10. The number of hydrogen-bond acceptors (Lipinski definition) is 2. The summed E-state index contributed by atoms with van der Waals surface area (Å²) in [6.07, 6.45) is 0.836. The Hall–Kier alpha value is -0.613. The number of hydrogen-bond donors (Lipinski definition) is 0. The molecule has 0 unspecified atom stereocenters. The fourth-order valence-corrected chi connectivity index (χ4v) is 2.74. The number of benzene rings is 1. The highest BCUT2D eigenvalue weighted by Gasteiger charge is 2.39. The number of rotatable bonds is 3. The van der Waals surface area contributed by atoms with Crippen molar-refractivity contribution in [2.45, 2.75) is 38.9 Å². The first-order valence-corrected chi connectivity index (χ1v) is 9.32. The third-order valence-electron chi connectivity index (χ3n) is 3.29. The fourth-order valence-electron chi connectivity index (χ4n) is 1.13. The lowest BCUT2D eigenvalue weighted by atomic mass is 10.2. The van der Waals surface area contributed by atoms with E-state index >= 15 is 0 Å².